The van der Waals surface area contributed by atoms with Crippen LogP contribution in [0.1, 0.15) is 57.8 Å². The Bertz CT molecular complexity index is 492. The second kappa shape index (κ2) is 8.08. The van der Waals surface area contributed by atoms with Gasteiger partial charge in [-0.25, -0.2) is 0 Å². The number of hydrogen-bond donors (Lipinski definition) is 0. The summed E-state index contributed by atoms with van der Waals surface area (Å²) in [7, 11) is 4.35. The Labute approximate surface area is 162 Å². The van der Waals surface area contributed by atoms with E-state index in [9.17, 15) is 9.59 Å². The SMILES string of the molecule is CN1[C@@H]2CC[C@H]1CC(C(=O)OCCCOC(=O)C1C[C@H]3CC[C@@H](C1)N3C)C2. The highest BCUT2D eigenvalue weighted by Crippen LogP contribution is 2.38. The first-order valence-electron chi connectivity index (χ1n) is 10.8. The summed E-state index contributed by atoms with van der Waals surface area (Å²) >= 11 is 0. The maximum Gasteiger partial charge on any atom is 0.309 e. The molecule has 0 aromatic rings. The Balaban J connectivity index is 1.11. The van der Waals surface area contributed by atoms with Gasteiger partial charge in [0.25, 0.3) is 0 Å². The van der Waals surface area contributed by atoms with E-state index in [0.29, 0.717) is 43.8 Å². The number of carbonyl (C=O) groups is 2. The molecule has 0 aromatic carbocycles. The highest BCUT2D eigenvalue weighted by atomic mass is 16.5. The van der Waals surface area contributed by atoms with Gasteiger partial charge in [0.05, 0.1) is 25.0 Å². The van der Waals surface area contributed by atoms with Gasteiger partial charge in [-0.3, -0.25) is 9.59 Å². The molecule has 6 atom stereocenters. The molecule has 4 aliphatic rings. The largest absolute Gasteiger partial charge is 0.465 e. The number of nitrogens with zero attached hydrogens (tertiary/aromatic N) is 2. The van der Waals surface area contributed by atoms with Crippen LogP contribution in [0.5, 0.6) is 0 Å². The summed E-state index contributed by atoms with van der Waals surface area (Å²) in [6.07, 6.45) is 9.14. The van der Waals surface area contributed by atoms with Crippen LogP contribution in [-0.2, 0) is 19.1 Å². The number of esters is 2. The third kappa shape index (κ3) is 4.02. The van der Waals surface area contributed by atoms with Crippen molar-refractivity contribution in [2.24, 2.45) is 11.8 Å². The molecule has 0 amide bonds. The Morgan fingerprint density at radius 2 is 1.04 bits per heavy atom. The average Bonchev–Trinajstić information content (AvgIpc) is 3.00. The molecule has 6 nitrogen and oxygen atoms in total. The first-order chi connectivity index (χ1) is 13.0. The summed E-state index contributed by atoms with van der Waals surface area (Å²) in [4.78, 5) is 29.5. The molecule has 0 N–H and O–H groups in total. The van der Waals surface area contributed by atoms with Crippen LogP contribution in [-0.4, -0.2) is 73.2 Å². The van der Waals surface area contributed by atoms with Gasteiger partial charge in [-0.2, -0.15) is 0 Å². The lowest BCUT2D eigenvalue weighted by Gasteiger charge is -2.35. The van der Waals surface area contributed by atoms with Crippen LogP contribution in [0.25, 0.3) is 0 Å². The van der Waals surface area contributed by atoms with Crippen molar-refractivity contribution < 1.29 is 19.1 Å². The molecule has 6 heteroatoms. The van der Waals surface area contributed by atoms with Gasteiger partial charge in [-0.15, -0.1) is 0 Å². The van der Waals surface area contributed by atoms with Gasteiger partial charge in [0.15, 0.2) is 0 Å². The van der Waals surface area contributed by atoms with Gasteiger partial charge in [0, 0.05) is 30.6 Å². The van der Waals surface area contributed by atoms with E-state index in [1.165, 1.54) is 25.7 Å². The summed E-state index contributed by atoms with van der Waals surface area (Å²) < 4.78 is 10.9. The van der Waals surface area contributed by atoms with Crippen LogP contribution in [0.2, 0.25) is 0 Å². The van der Waals surface area contributed by atoms with Crippen molar-refractivity contribution in [2.45, 2.75) is 82.0 Å². The topological polar surface area (TPSA) is 59.1 Å². The first kappa shape index (κ1) is 19.2. The van der Waals surface area contributed by atoms with Crippen LogP contribution in [0.4, 0.5) is 0 Å². The van der Waals surface area contributed by atoms with E-state index >= 15 is 0 Å². The molecule has 0 aliphatic carbocycles. The highest BCUT2D eigenvalue weighted by molar-refractivity contribution is 5.73. The third-order valence-corrected chi connectivity index (χ3v) is 7.64. The van der Waals surface area contributed by atoms with Crippen LogP contribution < -0.4 is 0 Å². The minimum Gasteiger partial charge on any atom is -0.465 e. The van der Waals surface area contributed by atoms with E-state index < -0.39 is 0 Å². The Morgan fingerprint density at radius 3 is 1.37 bits per heavy atom. The second-order valence-electron chi connectivity index (χ2n) is 9.13. The zero-order valence-electron chi connectivity index (χ0n) is 16.8. The lowest BCUT2D eigenvalue weighted by molar-refractivity contribution is -0.153. The summed E-state index contributed by atoms with van der Waals surface area (Å²) in [6, 6.07) is 2.19. The molecule has 4 aliphatic heterocycles. The quantitative estimate of drug-likeness (QED) is 0.522. The fourth-order valence-electron chi connectivity index (χ4n) is 5.85. The van der Waals surface area contributed by atoms with Crippen molar-refractivity contribution in [3.8, 4) is 0 Å². The number of carbonyl (C=O) groups excluding carboxylic acids is 2. The fourth-order valence-corrected chi connectivity index (χ4v) is 5.85. The first-order valence-corrected chi connectivity index (χ1v) is 10.8. The minimum atomic E-state index is -0.0572. The summed E-state index contributed by atoms with van der Waals surface area (Å²) in [6.45, 7) is 0.707. The standard InChI is InChI=1S/C21H34N2O4/c1-22-16-4-5-17(22)11-14(10-16)20(24)26-8-3-9-27-21(25)15-12-18-6-7-19(13-15)23(18)2/h14-19H,3-13H2,1-2H3/t14?,15?,16-,17+,18-,19+. The third-order valence-electron chi connectivity index (χ3n) is 7.64. The second-order valence-corrected chi connectivity index (χ2v) is 9.13. The van der Waals surface area contributed by atoms with E-state index in [2.05, 4.69) is 23.9 Å². The Kier molecular flexibility index (Phi) is 5.74. The molecule has 2 unspecified atom stereocenters. The average molecular weight is 379 g/mol. The van der Waals surface area contributed by atoms with Gasteiger partial charge in [0.1, 0.15) is 0 Å². The van der Waals surface area contributed by atoms with Crippen molar-refractivity contribution in [1.82, 2.24) is 9.80 Å². The number of piperidine rings is 2. The molecule has 4 heterocycles. The summed E-state index contributed by atoms with van der Waals surface area (Å²) in [5, 5.41) is 0. The van der Waals surface area contributed by atoms with Crippen LogP contribution >= 0.6 is 0 Å². The van der Waals surface area contributed by atoms with E-state index in [1.54, 1.807) is 0 Å². The molecule has 0 saturated carbocycles. The lowest BCUT2D eigenvalue weighted by Crippen LogP contribution is -2.42. The summed E-state index contributed by atoms with van der Waals surface area (Å²) in [5.74, 6) is -0.0108. The molecular formula is C21H34N2O4. The smallest absolute Gasteiger partial charge is 0.309 e. The van der Waals surface area contributed by atoms with Crippen molar-refractivity contribution in [3.05, 3.63) is 0 Å². The van der Waals surface area contributed by atoms with Gasteiger partial charge < -0.3 is 19.3 Å². The zero-order chi connectivity index (χ0) is 19.0. The van der Waals surface area contributed by atoms with Gasteiger partial charge in [-0.1, -0.05) is 0 Å². The minimum absolute atomic E-state index is 0.0518. The number of hydrogen-bond acceptors (Lipinski definition) is 6. The Hall–Kier alpha value is -1.14. The monoisotopic (exact) mass is 378 g/mol. The van der Waals surface area contributed by atoms with Crippen molar-refractivity contribution in [2.75, 3.05) is 27.3 Å². The van der Waals surface area contributed by atoms with Crippen LogP contribution in [0.3, 0.4) is 0 Å². The van der Waals surface area contributed by atoms with Crippen molar-refractivity contribution in [1.29, 1.82) is 0 Å². The zero-order valence-corrected chi connectivity index (χ0v) is 16.8. The maximum absolute atomic E-state index is 12.3. The molecule has 152 valence electrons. The van der Waals surface area contributed by atoms with Crippen LogP contribution in [0.15, 0.2) is 0 Å². The van der Waals surface area contributed by atoms with E-state index in [1.807, 2.05) is 0 Å². The molecule has 4 saturated heterocycles. The maximum atomic E-state index is 12.3. The number of ether oxygens (including phenoxy) is 2. The van der Waals surface area contributed by atoms with Gasteiger partial charge in [0.2, 0.25) is 0 Å². The van der Waals surface area contributed by atoms with Gasteiger partial charge in [-0.05, 0) is 65.5 Å². The van der Waals surface area contributed by atoms with E-state index in [-0.39, 0.29) is 23.8 Å². The number of rotatable bonds is 6. The lowest BCUT2D eigenvalue weighted by atomic mass is 9.91. The number of fused-ring (bicyclic) bond motifs is 4. The molecule has 0 radical (unpaired) electrons. The molecule has 4 rings (SSSR count). The predicted octanol–water partition coefficient (Wildman–Crippen LogP) is 2.21. The van der Waals surface area contributed by atoms with Crippen molar-refractivity contribution in [3.63, 3.8) is 0 Å². The molecule has 4 fully saturated rings. The predicted molar refractivity (Wildman–Crippen MR) is 101 cm³/mol. The fraction of sp³-hybridized carbons (Fsp3) is 0.905. The highest BCUT2D eigenvalue weighted by Gasteiger charge is 2.42. The molecule has 4 bridgehead atoms. The van der Waals surface area contributed by atoms with Crippen molar-refractivity contribution >= 4 is 11.9 Å². The summed E-state index contributed by atoms with van der Waals surface area (Å²) in [5.41, 5.74) is 0. The molecule has 0 aromatic heterocycles. The van der Waals surface area contributed by atoms with Gasteiger partial charge >= 0.3 is 11.9 Å². The normalized spacial score (nSPS) is 38.7. The molecule has 27 heavy (non-hydrogen) atoms. The van der Waals surface area contributed by atoms with E-state index in [4.69, 9.17) is 9.47 Å². The molecule has 0 spiro atoms. The Morgan fingerprint density at radius 1 is 0.704 bits per heavy atom. The van der Waals surface area contributed by atoms with E-state index in [0.717, 1.165) is 25.7 Å². The van der Waals surface area contributed by atoms with Crippen LogP contribution in [0, 0.1) is 11.8 Å². The molecular weight excluding hydrogens is 344 g/mol.